The number of carbonyl (C=O) groups is 1. The third-order valence-electron chi connectivity index (χ3n) is 2.78. The highest BCUT2D eigenvalue weighted by atomic mass is 32.2. The number of hydrogen-bond donors (Lipinski definition) is 1. The molecule has 1 aromatic heterocycles. The van der Waals surface area contributed by atoms with Crippen LogP contribution in [-0.4, -0.2) is 31.4 Å². The predicted octanol–water partition coefficient (Wildman–Crippen LogP) is 1.25. The number of thioether (sulfide) groups is 1. The van der Waals surface area contributed by atoms with E-state index in [4.69, 9.17) is 5.73 Å². The summed E-state index contributed by atoms with van der Waals surface area (Å²) in [6.45, 7) is 5.72. The first-order chi connectivity index (χ1) is 9.00. The van der Waals surface area contributed by atoms with Gasteiger partial charge >= 0.3 is 0 Å². The van der Waals surface area contributed by atoms with Crippen molar-refractivity contribution >= 4 is 17.7 Å². The molecule has 6 nitrogen and oxygen atoms in total. The van der Waals surface area contributed by atoms with Gasteiger partial charge in [0.2, 0.25) is 11.1 Å². The highest BCUT2D eigenvalue weighted by molar-refractivity contribution is 8.00. The third-order valence-corrected chi connectivity index (χ3v) is 3.83. The molecule has 1 aromatic carbocycles. The molecule has 1 amide bonds. The second-order valence-corrected chi connectivity index (χ2v) is 5.58. The monoisotopic (exact) mass is 277 g/mol. The summed E-state index contributed by atoms with van der Waals surface area (Å²) in [6, 6.07) is 5.98. The zero-order valence-corrected chi connectivity index (χ0v) is 11.8. The largest absolute Gasteiger partial charge is 0.369 e. The number of hydrogen-bond acceptors (Lipinski definition) is 5. The van der Waals surface area contributed by atoms with E-state index in [-0.39, 0.29) is 11.2 Å². The summed E-state index contributed by atoms with van der Waals surface area (Å²) in [4.78, 5) is 11.1. The molecule has 0 saturated heterocycles. The SMILES string of the molecule is Cc1cccc(C)c1-n1nnnc1S[C@H](C)C(N)=O. The second-order valence-electron chi connectivity index (χ2n) is 4.28. The number of nitrogens with zero attached hydrogens (tertiary/aromatic N) is 4. The van der Waals surface area contributed by atoms with Crippen molar-refractivity contribution < 1.29 is 4.79 Å². The van der Waals surface area contributed by atoms with Gasteiger partial charge in [-0.3, -0.25) is 4.79 Å². The summed E-state index contributed by atoms with van der Waals surface area (Å²) >= 11 is 1.25. The van der Waals surface area contributed by atoms with E-state index in [0.29, 0.717) is 5.16 Å². The molecule has 19 heavy (non-hydrogen) atoms. The van der Waals surface area contributed by atoms with Crippen LogP contribution in [0, 0.1) is 13.8 Å². The number of aryl methyl sites for hydroxylation is 2. The van der Waals surface area contributed by atoms with Crippen molar-refractivity contribution in [2.24, 2.45) is 5.73 Å². The standard InChI is InChI=1S/C12H15N5OS/c1-7-5-4-6-8(2)10(7)17-12(14-15-16-17)19-9(3)11(13)18/h4-6,9H,1-3H3,(H2,13,18)/t9-/m1/s1. The minimum Gasteiger partial charge on any atom is -0.369 e. The first-order valence-electron chi connectivity index (χ1n) is 5.81. The molecule has 2 rings (SSSR count). The lowest BCUT2D eigenvalue weighted by molar-refractivity contribution is -0.117. The summed E-state index contributed by atoms with van der Waals surface area (Å²) in [5, 5.41) is 11.8. The minimum atomic E-state index is -0.388. The van der Waals surface area contributed by atoms with E-state index in [9.17, 15) is 4.79 Å². The van der Waals surface area contributed by atoms with Crippen molar-refractivity contribution in [1.29, 1.82) is 0 Å². The Morgan fingerprint density at radius 1 is 1.37 bits per heavy atom. The fourth-order valence-corrected chi connectivity index (χ4v) is 2.49. The summed E-state index contributed by atoms with van der Waals surface area (Å²) in [6.07, 6.45) is 0. The Hall–Kier alpha value is -1.89. The Kier molecular flexibility index (Phi) is 3.84. The van der Waals surface area contributed by atoms with Crippen LogP contribution in [0.15, 0.2) is 23.4 Å². The van der Waals surface area contributed by atoms with Crippen molar-refractivity contribution in [3.63, 3.8) is 0 Å². The van der Waals surface area contributed by atoms with Crippen LogP contribution in [0.3, 0.4) is 0 Å². The van der Waals surface area contributed by atoms with Gasteiger partial charge in [-0.2, -0.15) is 4.68 Å². The van der Waals surface area contributed by atoms with Gasteiger partial charge in [0.15, 0.2) is 0 Å². The molecule has 1 heterocycles. The van der Waals surface area contributed by atoms with Gasteiger partial charge in [-0.05, 0) is 42.3 Å². The van der Waals surface area contributed by atoms with E-state index in [1.165, 1.54) is 11.8 Å². The number of nitrogens with two attached hydrogens (primary N) is 1. The second kappa shape index (κ2) is 5.40. The molecule has 7 heteroatoms. The first-order valence-corrected chi connectivity index (χ1v) is 6.69. The van der Waals surface area contributed by atoms with Crippen molar-refractivity contribution in [2.75, 3.05) is 0 Å². The number of carbonyl (C=O) groups excluding carboxylic acids is 1. The summed E-state index contributed by atoms with van der Waals surface area (Å²) < 4.78 is 1.65. The molecule has 0 spiro atoms. The first kappa shape index (κ1) is 13.5. The van der Waals surface area contributed by atoms with Gasteiger partial charge in [0, 0.05) is 0 Å². The molecule has 0 aliphatic carbocycles. The molecule has 1 atom stereocenters. The molecular weight excluding hydrogens is 262 g/mol. The molecule has 0 aliphatic rings. The van der Waals surface area contributed by atoms with Gasteiger partial charge < -0.3 is 5.73 Å². The molecule has 100 valence electrons. The van der Waals surface area contributed by atoms with E-state index in [1.54, 1.807) is 11.6 Å². The quantitative estimate of drug-likeness (QED) is 0.850. The van der Waals surface area contributed by atoms with E-state index in [0.717, 1.165) is 16.8 Å². The molecular formula is C12H15N5OS. The van der Waals surface area contributed by atoms with Crippen LogP contribution in [-0.2, 0) is 4.79 Å². The Balaban J connectivity index is 2.42. The topological polar surface area (TPSA) is 86.7 Å². The molecule has 0 aliphatic heterocycles. The fraction of sp³-hybridized carbons (Fsp3) is 0.333. The molecule has 0 bridgehead atoms. The lowest BCUT2D eigenvalue weighted by atomic mass is 10.1. The number of tetrazole rings is 1. The average Bonchev–Trinajstić information content (AvgIpc) is 2.77. The van der Waals surface area contributed by atoms with Crippen LogP contribution in [0.4, 0.5) is 0 Å². The number of rotatable bonds is 4. The van der Waals surface area contributed by atoms with Gasteiger partial charge in [0.1, 0.15) is 0 Å². The lowest BCUT2D eigenvalue weighted by Gasteiger charge is -2.11. The maximum Gasteiger partial charge on any atom is 0.230 e. The molecule has 2 aromatic rings. The van der Waals surface area contributed by atoms with Gasteiger partial charge in [-0.15, -0.1) is 5.10 Å². The molecule has 0 unspecified atom stereocenters. The number of amides is 1. The summed E-state index contributed by atoms with van der Waals surface area (Å²) in [7, 11) is 0. The maximum absolute atomic E-state index is 11.1. The predicted molar refractivity (Wildman–Crippen MR) is 73.1 cm³/mol. The van der Waals surface area contributed by atoms with Crippen molar-refractivity contribution in [2.45, 2.75) is 31.2 Å². The van der Waals surface area contributed by atoms with Crippen molar-refractivity contribution in [3.8, 4) is 5.69 Å². The van der Waals surface area contributed by atoms with Crippen LogP contribution in [0.5, 0.6) is 0 Å². The fourth-order valence-electron chi connectivity index (χ4n) is 1.75. The van der Waals surface area contributed by atoms with E-state index < -0.39 is 0 Å². The van der Waals surface area contributed by atoms with Crippen molar-refractivity contribution in [3.05, 3.63) is 29.3 Å². The zero-order chi connectivity index (χ0) is 14.0. The minimum absolute atomic E-state index is 0.380. The normalized spacial score (nSPS) is 12.4. The Morgan fingerprint density at radius 2 is 2.00 bits per heavy atom. The number of aromatic nitrogens is 4. The van der Waals surface area contributed by atoms with Crippen LogP contribution in [0.25, 0.3) is 5.69 Å². The van der Waals surface area contributed by atoms with E-state index in [2.05, 4.69) is 15.5 Å². The molecule has 0 saturated carbocycles. The van der Waals surface area contributed by atoms with Gasteiger partial charge in [0.25, 0.3) is 0 Å². The number of benzene rings is 1. The van der Waals surface area contributed by atoms with Crippen LogP contribution in [0.2, 0.25) is 0 Å². The van der Waals surface area contributed by atoms with Crippen LogP contribution < -0.4 is 5.73 Å². The number of primary amides is 1. The van der Waals surface area contributed by atoms with Crippen LogP contribution in [0.1, 0.15) is 18.1 Å². The summed E-state index contributed by atoms with van der Waals surface area (Å²) in [5.74, 6) is -0.388. The average molecular weight is 277 g/mol. The number of para-hydroxylation sites is 1. The Morgan fingerprint density at radius 3 is 2.58 bits per heavy atom. The molecule has 0 fully saturated rings. The zero-order valence-electron chi connectivity index (χ0n) is 11.0. The van der Waals surface area contributed by atoms with Crippen LogP contribution >= 0.6 is 11.8 Å². The molecule has 2 N–H and O–H groups in total. The Labute approximate surface area is 115 Å². The van der Waals surface area contributed by atoms with E-state index >= 15 is 0 Å². The van der Waals surface area contributed by atoms with Crippen molar-refractivity contribution in [1.82, 2.24) is 20.2 Å². The van der Waals surface area contributed by atoms with E-state index in [1.807, 2.05) is 32.0 Å². The highest BCUT2D eigenvalue weighted by Gasteiger charge is 2.18. The van der Waals surface area contributed by atoms with Gasteiger partial charge in [0.05, 0.1) is 10.9 Å². The Bertz CT molecular complexity index is 590. The lowest BCUT2D eigenvalue weighted by Crippen LogP contribution is -2.23. The maximum atomic E-state index is 11.1. The molecule has 0 radical (unpaired) electrons. The third kappa shape index (κ3) is 2.76. The van der Waals surface area contributed by atoms with Gasteiger partial charge in [-0.1, -0.05) is 30.0 Å². The summed E-state index contributed by atoms with van der Waals surface area (Å²) in [5.41, 5.74) is 8.34. The van der Waals surface area contributed by atoms with Gasteiger partial charge in [-0.25, -0.2) is 0 Å². The smallest absolute Gasteiger partial charge is 0.230 e. The highest BCUT2D eigenvalue weighted by Crippen LogP contribution is 2.25.